The molecule has 6 heteroatoms. The maximum absolute atomic E-state index is 12.3. The zero-order valence-corrected chi connectivity index (χ0v) is 12.4. The number of hydrogen-bond donors (Lipinski definition) is 1. The van der Waals surface area contributed by atoms with Crippen molar-refractivity contribution in [2.45, 2.75) is 39.3 Å². The molecule has 0 saturated heterocycles. The minimum absolute atomic E-state index is 0.0315. The highest BCUT2D eigenvalue weighted by Crippen LogP contribution is 2.18. The molecular formula is C13H18N4OS. The van der Waals surface area contributed by atoms with Gasteiger partial charge in [0.2, 0.25) is 0 Å². The summed E-state index contributed by atoms with van der Waals surface area (Å²) in [4.78, 5) is 20.7. The number of hydrogen-bond acceptors (Lipinski definition) is 5. The van der Waals surface area contributed by atoms with Crippen molar-refractivity contribution in [3.63, 3.8) is 0 Å². The van der Waals surface area contributed by atoms with Crippen LogP contribution in [0.1, 0.15) is 38.7 Å². The molecule has 0 aromatic carbocycles. The Morgan fingerprint density at radius 2 is 2.05 bits per heavy atom. The molecule has 5 nitrogen and oxygen atoms in total. The van der Waals surface area contributed by atoms with Gasteiger partial charge in [-0.1, -0.05) is 0 Å². The van der Waals surface area contributed by atoms with Crippen LogP contribution >= 0.6 is 11.3 Å². The molecule has 2 heterocycles. The Labute approximate surface area is 116 Å². The molecule has 2 aromatic heterocycles. The van der Waals surface area contributed by atoms with Gasteiger partial charge in [-0.05, 0) is 27.7 Å². The van der Waals surface area contributed by atoms with E-state index in [0.29, 0.717) is 5.82 Å². The molecule has 0 saturated carbocycles. The Balaban J connectivity index is 2.30. The molecule has 0 amide bonds. The summed E-state index contributed by atoms with van der Waals surface area (Å²) in [6.45, 7) is 7.93. The van der Waals surface area contributed by atoms with Crippen LogP contribution in [0.5, 0.6) is 0 Å². The SMILES string of the molecule is CC(Nc1nccn(C(C)(C)C)c1=O)c1nccs1. The normalized spacial score (nSPS) is 13.3. The summed E-state index contributed by atoms with van der Waals surface area (Å²) >= 11 is 1.56. The van der Waals surface area contributed by atoms with Crippen LogP contribution in [0.4, 0.5) is 5.82 Å². The third-order valence-electron chi connectivity index (χ3n) is 2.74. The van der Waals surface area contributed by atoms with Gasteiger partial charge in [0.05, 0.1) is 6.04 Å². The lowest BCUT2D eigenvalue weighted by Crippen LogP contribution is -2.35. The van der Waals surface area contributed by atoms with Crippen LogP contribution in [0.3, 0.4) is 0 Å². The lowest BCUT2D eigenvalue weighted by Gasteiger charge is -2.23. The first-order chi connectivity index (χ1) is 8.89. The van der Waals surface area contributed by atoms with Crippen LogP contribution in [0.25, 0.3) is 0 Å². The number of rotatable bonds is 3. The van der Waals surface area contributed by atoms with E-state index in [4.69, 9.17) is 0 Å². The molecule has 0 spiro atoms. The molecule has 102 valence electrons. The van der Waals surface area contributed by atoms with E-state index in [1.165, 1.54) is 0 Å². The van der Waals surface area contributed by atoms with E-state index < -0.39 is 0 Å². The van der Waals surface area contributed by atoms with Gasteiger partial charge in [-0.3, -0.25) is 4.79 Å². The maximum Gasteiger partial charge on any atom is 0.293 e. The summed E-state index contributed by atoms with van der Waals surface area (Å²) in [6.07, 6.45) is 5.11. The van der Waals surface area contributed by atoms with Gasteiger partial charge in [0.25, 0.3) is 5.56 Å². The van der Waals surface area contributed by atoms with Gasteiger partial charge < -0.3 is 9.88 Å². The first kappa shape index (κ1) is 13.7. The summed E-state index contributed by atoms with van der Waals surface area (Å²) in [5.74, 6) is 0.361. The molecular weight excluding hydrogens is 260 g/mol. The van der Waals surface area contributed by atoms with Crippen molar-refractivity contribution >= 4 is 17.2 Å². The Hall–Kier alpha value is -1.69. The van der Waals surface area contributed by atoms with Gasteiger partial charge in [0.1, 0.15) is 5.01 Å². The molecule has 0 radical (unpaired) electrons. The third-order valence-corrected chi connectivity index (χ3v) is 3.70. The summed E-state index contributed by atoms with van der Waals surface area (Å²) < 4.78 is 1.68. The zero-order chi connectivity index (χ0) is 14.0. The fraction of sp³-hybridized carbons (Fsp3) is 0.462. The molecule has 1 atom stereocenters. The first-order valence-corrected chi connectivity index (χ1v) is 7.01. The highest BCUT2D eigenvalue weighted by molar-refractivity contribution is 7.09. The van der Waals surface area contributed by atoms with E-state index in [-0.39, 0.29) is 17.1 Å². The van der Waals surface area contributed by atoms with Crippen molar-refractivity contribution in [3.05, 3.63) is 39.3 Å². The number of nitrogens with one attached hydrogen (secondary N) is 1. The molecule has 0 aliphatic heterocycles. The van der Waals surface area contributed by atoms with E-state index in [1.54, 1.807) is 34.5 Å². The van der Waals surface area contributed by atoms with Gasteiger partial charge in [-0.2, -0.15) is 0 Å². The topological polar surface area (TPSA) is 59.8 Å². The lowest BCUT2D eigenvalue weighted by molar-refractivity contribution is 0.383. The van der Waals surface area contributed by atoms with Gasteiger partial charge in [0, 0.05) is 29.5 Å². The molecule has 19 heavy (non-hydrogen) atoms. The van der Waals surface area contributed by atoms with Crippen LogP contribution in [0.15, 0.2) is 28.8 Å². The molecule has 0 aliphatic rings. The van der Waals surface area contributed by atoms with Gasteiger partial charge in [0.15, 0.2) is 5.82 Å². The summed E-state index contributed by atoms with van der Waals surface area (Å²) in [5.41, 5.74) is -0.376. The predicted molar refractivity (Wildman–Crippen MR) is 77.6 cm³/mol. The Morgan fingerprint density at radius 1 is 1.32 bits per heavy atom. The van der Waals surface area contributed by atoms with Crippen molar-refractivity contribution < 1.29 is 0 Å². The average Bonchev–Trinajstić information content (AvgIpc) is 2.83. The maximum atomic E-state index is 12.3. The Morgan fingerprint density at radius 3 is 2.63 bits per heavy atom. The highest BCUT2D eigenvalue weighted by atomic mass is 32.1. The number of anilines is 1. The molecule has 1 N–H and O–H groups in total. The molecule has 0 bridgehead atoms. The molecule has 0 fully saturated rings. The Kier molecular flexibility index (Phi) is 3.71. The van der Waals surface area contributed by atoms with Crippen molar-refractivity contribution in [1.82, 2.24) is 14.5 Å². The zero-order valence-electron chi connectivity index (χ0n) is 11.5. The van der Waals surface area contributed by atoms with E-state index in [0.717, 1.165) is 5.01 Å². The smallest absolute Gasteiger partial charge is 0.293 e. The van der Waals surface area contributed by atoms with Crippen molar-refractivity contribution in [2.75, 3.05) is 5.32 Å². The number of aromatic nitrogens is 3. The largest absolute Gasteiger partial charge is 0.357 e. The predicted octanol–water partition coefficient (Wildman–Crippen LogP) is 2.63. The summed E-state index contributed by atoms with van der Waals surface area (Å²) in [5, 5.41) is 5.98. The van der Waals surface area contributed by atoms with E-state index in [2.05, 4.69) is 15.3 Å². The highest BCUT2D eigenvalue weighted by Gasteiger charge is 2.18. The first-order valence-electron chi connectivity index (χ1n) is 6.13. The third kappa shape index (κ3) is 3.01. The summed E-state index contributed by atoms with van der Waals surface area (Å²) in [7, 11) is 0. The van der Waals surface area contributed by atoms with Crippen LogP contribution in [0, 0.1) is 0 Å². The standard InChI is InChI=1S/C13H18N4OS/c1-9(11-15-6-8-19-11)16-10-12(18)17(7-5-14-10)13(2,3)4/h5-9H,1-4H3,(H,14,16). The summed E-state index contributed by atoms with van der Waals surface area (Å²) in [6, 6.07) is -0.0315. The van der Waals surface area contributed by atoms with Crippen LogP contribution in [-0.4, -0.2) is 14.5 Å². The second kappa shape index (κ2) is 5.13. The number of nitrogens with zero attached hydrogens (tertiary/aromatic N) is 3. The van der Waals surface area contributed by atoms with E-state index in [1.807, 2.05) is 33.1 Å². The fourth-order valence-electron chi connectivity index (χ4n) is 1.75. The number of thiazole rings is 1. The second-order valence-corrected chi connectivity index (χ2v) is 6.28. The van der Waals surface area contributed by atoms with Gasteiger partial charge in [-0.15, -0.1) is 11.3 Å². The van der Waals surface area contributed by atoms with Crippen LogP contribution in [-0.2, 0) is 5.54 Å². The van der Waals surface area contributed by atoms with Crippen molar-refractivity contribution in [1.29, 1.82) is 0 Å². The van der Waals surface area contributed by atoms with Crippen molar-refractivity contribution in [2.24, 2.45) is 0 Å². The van der Waals surface area contributed by atoms with Crippen molar-refractivity contribution in [3.8, 4) is 0 Å². The van der Waals surface area contributed by atoms with Crippen LogP contribution in [0.2, 0.25) is 0 Å². The Bertz CT molecular complexity index is 598. The van der Waals surface area contributed by atoms with Gasteiger partial charge >= 0.3 is 0 Å². The second-order valence-electron chi connectivity index (χ2n) is 5.36. The molecule has 1 unspecified atom stereocenters. The minimum Gasteiger partial charge on any atom is -0.357 e. The molecule has 0 aliphatic carbocycles. The van der Waals surface area contributed by atoms with Gasteiger partial charge in [-0.25, -0.2) is 9.97 Å². The quantitative estimate of drug-likeness (QED) is 0.937. The minimum atomic E-state index is -0.263. The average molecular weight is 278 g/mol. The van der Waals surface area contributed by atoms with Crippen LogP contribution < -0.4 is 10.9 Å². The fourth-order valence-corrected chi connectivity index (χ4v) is 2.40. The monoisotopic (exact) mass is 278 g/mol. The molecule has 2 aromatic rings. The van der Waals surface area contributed by atoms with E-state index >= 15 is 0 Å². The molecule has 2 rings (SSSR count). The lowest BCUT2D eigenvalue weighted by atomic mass is 10.1. The van der Waals surface area contributed by atoms with E-state index in [9.17, 15) is 4.79 Å².